The first-order chi connectivity index (χ1) is 6.38. The topological polar surface area (TPSA) is 100 Å². The Bertz CT molecular complexity index is 441. The Labute approximate surface area is 108 Å². The van der Waals surface area contributed by atoms with E-state index in [1.165, 1.54) is 12.1 Å². The van der Waals surface area contributed by atoms with Crippen LogP contribution in [0, 0.1) is 10.1 Å². The third-order valence-electron chi connectivity index (χ3n) is 1.49. The molecule has 15 heavy (non-hydrogen) atoms. The molecule has 0 atom stereocenters. The van der Waals surface area contributed by atoms with Crippen molar-refractivity contribution in [3.05, 3.63) is 39.9 Å². The predicted octanol–water partition coefficient (Wildman–Crippen LogP) is -2.36. The first kappa shape index (κ1) is 14.5. The summed E-state index contributed by atoms with van der Waals surface area (Å²) in [4.78, 5) is 9.62. The van der Waals surface area contributed by atoms with E-state index >= 15 is 0 Å². The van der Waals surface area contributed by atoms with Crippen LogP contribution in [0.3, 0.4) is 0 Å². The molecule has 0 unspecified atom stereocenters. The zero-order valence-electron chi connectivity index (χ0n) is 7.91. The van der Waals surface area contributed by atoms with Crippen molar-refractivity contribution in [2.75, 3.05) is 0 Å². The van der Waals surface area contributed by atoms with Crippen molar-refractivity contribution < 1.29 is 47.5 Å². The van der Waals surface area contributed by atoms with Gasteiger partial charge in [-0.05, 0) is 5.56 Å². The Morgan fingerprint density at radius 2 is 1.67 bits per heavy atom. The number of hydrogen-bond donors (Lipinski definition) is 0. The first-order valence-electron chi connectivity index (χ1n) is 3.55. The molecule has 6 nitrogen and oxygen atoms in total. The molecular weight excluding hydrogens is 233 g/mol. The quantitative estimate of drug-likeness (QED) is 0.254. The summed E-state index contributed by atoms with van der Waals surface area (Å²) in [7, 11) is -4.33. The fraction of sp³-hybridized carbons (Fsp3) is 0.143. The van der Waals surface area contributed by atoms with E-state index in [4.69, 9.17) is 0 Å². The van der Waals surface area contributed by atoms with Gasteiger partial charge in [-0.25, -0.2) is 8.42 Å². The van der Waals surface area contributed by atoms with Crippen molar-refractivity contribution in [2.24, 2.45) is 0 Å². The van der Waals surface area contributed by atoms with Crippen LogP contribution in [0.1, 0.15) is 5.56 Å². The number of nitrogens with zero attached hydrogens (tertiary/aromatic N) is 1. The van der Waals surface area contributed by atoms with Crippen LogP contribution >= 0.6 is 0 Å². The van der Waals surface area contributed by atoms with Gasteiger partial charge in [0.15, 0.2) is 0 Å². The standard InChI is InChI=1S/C7H7NO5S.Na/c9-8(10)7-3-1-6(2-4-7)5-14(11,12)13;/h1-4H,5H2,(H,11,12,13);/q;+1/p-1. The zero-order chi connectivity index (χ0) is 10.8. The van der Waals surface area contributed by atoms with Gasteiger partial charge in [-0.1, -0.05) is 12.1 Å². The van der Waals surface area contributed by atoms with Crippen molar-refractivity contribution in [3.63, 3.8) is 0 Å². The molecule has 8 heteroatoms. The van der Waals surface area contributed by atoms with Gasteiger partial charge in [0.05, 0.1) is 20.8 Å². The summed E-state index contributed by atoms with van der Waals surface area (Å²) in [5.41, 5.74) is 0.0997. The fourth-order valence-electron chi connectivity index (χ4n) is 0.918. The Kier molecular flexibility index (Phi) is 5.39. The zero-order valence-corrected chi connectivity index (χ0v) is 10.7. The van der Waals surface area contributed by atoms with Crippen LogP contribution in [0.25, 0.3) is 0 Å². The van der Waals surface area contributed by atoms with Crippen LogP contribution in [0.2, 0.25) is 0 Å². The van der Waals surface area contributed by atoms with E-state index in [0.717, 1.165) is 12.1 Å². The second-order valence-electron chi connectivity index (χ2n) is 2.63. The summed E-state index contributed by atoms with van der Waals surface area (Å²) in [5, 5.41) is 10.2. The van der Waals surface area contributed by atoms with Gasteiger partial charge >= 0.3 is 29.6 Å². The molecule has 1 aromatic carbocycles. The SMILES string of the molecule is O=[N+]([O-])c1ccc(CS(=O)(=O)[O-])cc1.[Na+]. The van der Waals surface area contributed by atoms with Crippen molar-refractivity contribution in [3.8, 4) is 0 Å². The second kappa shape index (κ2) is 5.57. The summed E-state index contributed by atoms with van der Waals surface area (Å²) in [6.45, 7) is 0. The maximum atomic E-state index is 10.3. The van der Waals surface area contributed by atoms with Gasteiger partial charge in [-0.2, -0.15) is 0 Å². The summed E-state index contributed by atoms with van der Waals surface area (Å²) >= 11 is 0. The molecule has 0 aliphatic carbocycles. The molecule has 0 saturated carbocycles. The van der Waals surface area contributed by atoms with Crippen molar-refractivity contribution in [1.29, 1.82) is 0 Å². The van der Waals surface area contributed by atoms with Gasteiger partial charge in [0.2, 0.25) is 0 Å². The predicted molar refractivity (Wildman–Crippen MR) is 46.5 cm³/mol. The number of hydrogen-bond acceptors (Lipinski definition) is 5. The third kappa shape index (κ3) is 5.24. The molecule has 0 heterocycles. The molecular formula is C7H6NNaO5S. The van der Waals surface area contributed by atoms with E-state index in [9.17, 15) is 23.1 Å². The van der Waals surface area contributed by atoms with Crippen molar-refractivity contribution in [1.82, 2.24) is 0 Å². The molecule has 0 aromatic heterocycles. The molecule has 0 aliphatic rings. The van der Waals surface area contributed by atoms with E-state index in [2.05, 4.69) is 0 Å². The van der Waals surface area contributed by atoms with Crippen LogP contribution in [0.5, 0.6) is 0 Å². The third-order valence-corrected chi connectivity index (χ3v) is 2.18. The van der Waals surface area contributed by atoms with Gasteiger partial charge in [0, 0.05) is 12.1 Å². The second-order valence-corrected chi connectivity index (χ2v) is 4.03. The average Bonchev–Trinajstić information content (AvgIpc) is 2.02. The smallest absolute Gasteiger partial charge is 0.748 e. The molecule has 0 saturated heterocycles. The molecule has 0 spiro atoms. The first-order valence-corrected chi connectivity index (χ1v) is 5.13. The Morgan fingerprint density at radius 3 is 2.00 bits per heavy atom. The van der Waals surface area contributed by atoms with Crippen molar-refractivity contribution >= 4 is 15.8 Å². The number of nitro groups is 1. The maximum absolute atomic E-state index is 10.3. The Hall–Kier alpha value is -0.470. The maximum Gasteiger partial charge on any atom is 1.00 e. The fourth-order valence-corrected chi connectivity index (χ4v) is 1.52. The van der Waals surface area contributed by atoms with Crippen LogP contribution in [0.15, 0.2) is 24.3 Å². The molecule has 0 N–H and O–H groups in total. The summed E-state index contributed by atoms with van der Waals surface area (Å²) in [5.74, 6) is -0.648. The van der Waals surface area contributed by atoms with Gasteiger partial charge in [-0.15, -0.1) is 0 Å². The summed E-state index contributed by atoms with van der Waals surface area (Å²) in [6, 6.07) is 4.79. The van der Waals surface area contributed by atoms with E-state index in [-0.39, 0.29) is 40.8 Å². The summed E-state index contributed by atoms with van der Waals surface area (Å²) in [6.07, 6.45) is 0. The van der Waals surface area contributed by atoms with Gasteiger partial charge < -0.3 is 4.55 Å². The van der Waals surface area contributed by atoms with Crippen LogP contribution < -0.4 is 29.6 Å². The minimum atomic E-state index is -4.33. The van der Waals surface area contributed by atoms with Crippen LogP contribution in [0.4, 0.5) is 5.69 Å². The van der Waals surface area contributed by atoms with Gasteiger partial charge in [0.25, 0.3) is 5.69 Å². The number of benzene rings is 1. The van der Waals surface area contributed by atoms with Crippen LogP contribution in [-0.2, 0) is 15.9 Å². The molecule has 1 rings (SSSR count). The average molecular weight is 239 g/mol. The molecule has 76 valence electrons. The van der Waals surface area contributed by atoms with Crippen LogP contribution in [-0.4, -0.2) is 17.9 Å². The monoisotopic (exact) mass is 239 g/mol. The van der Waals surface area contributed by atoms with E-state index in [1.807, 2.05) is 0 Å². The minimum Gasteiger partial charge on any atom is -0.748 e. The summed E-state index contributed by atoms with van der Waals surface area (Å²) < 4.78 is 31.0. The van der Waals surface area contributed by atoms with Crippen molar-refractivity contribution in [2.45, 2.75) is 5.75 Å². The number of nitro benzene ring substituents is 1. The van der Waals surface area contributed by atoms with Gasteiger partial charge in [-0.3, -0.25) is 10.1 Å². The van der Waals surface area contributed by atoms with E-state index < -0.39 is 20.8 Å². The molecule has 0 bridgehead atoms. The van der Waals surface area contributed by atoms with Gasteiger partial charge in [0.1, 0.15) is 0 Å². The number of rotatable bonds is 3. The largest absolute Gasteiger partial charge is 1.00 e. The Balaban J connectivity index is 0.00000196. The minimum absolute atomic E-state index is 0. The Morgan fingerprint density at radius 1 is 1.20 bits per heavy atom. The number of non-ortho nitro benzene ring substituents is 1. The molecule has 0 aliphatic heterocycles. The van der Waals surface area contributed by atoms with E-state index in [1.54, 1.807) is 0 Å². The normalized spacial score (nSPS) is 10.5. The van der Waals surface area contributed by atoms with E-state index in [0.29, 0.717) is 0 Å². The molecule has 0 radical (unpaired) electrons. The molecule has 1 aromatic rings. The molecule has 0 amide bonds. The molecule has 0 fully saturated rings.